The largest absolute Gasteiger partial charge is 0.313 e. The molecule has 2 heterocycles. The first kappa shape index (κ1) is 37.2. The Labute approximate surface area is 373 Å². The molecule has 0 amide bonds. The van der Waals surface area contributed by atoms with Crippen molar-refractivity contribution in [1.29, 1.82) is 0 Å². The summed E-state index contributed by atoms with van der Waals surface area (Å²) in [5, 5.41) is 6.77. The van der Waals surface area contributed by atoms with E-state index in [2.05, 4.69) is 207 Å². The van der Waals surface area contributed by atoms with Crippen LogP contribution in [0.1, 0.15) is 81.5 Å². The minimum Gasteiger partial charge on any atom is -0.313 e. The topological polar surface area (TPSA) is 8.17 Å². The third-order valence-electron chi connectivity index (χ3n) is 15.5. The minimum absolute atomic E-state index is 0.0188. The molecule has 8 aromatic rings. The van der Waals surface area contributed by atoms with Crippen LogP contribution in [0.4, 0.5) is 17.1 Å². The number of aromatic nitrogens is 1. The van der Waals surface area contributed by atoms with E-state index in [0.29, 0.717) is 11.8 Å². The van der Waals surface area contributed by atoms with E-state index in [1.807, 2.05) is 11.3 Å². The van der Waals surface area contributed by atoms with Gasteiger partial charge in [0.15, 0.2) is 0 Å². The molecule has 0 radical (unpaired) electrons. The summed E-state index contributed by atoms with van der Waals surface area (Å²) in [6.07, 6.45) is 21.2. The summed E-state index contributed by atoms with van der Waals surface area (Å²) in [4.78, 5) is 2.53. The molecule has 0 spiro atoms. The zero-order valence-electron chi connectivity index (χ0n) is 36.5. The second-order valence-electron chi connectivity index (χ2n) is 19.5. The normalized spacial score (nSPS) is 19.9. The van der Waals surface area contributed by atoms with Crippen molar-refractivity contribution >= 4 is 82.9 Å². The van der Waals surface area contributed by atoms with Crippen LogP contribution in [0.5, 0.6) is 0 Å². The maximum Gasteiger partial charge on any atom is 0.0537 e. The summed E-state index contributed by atoms with van der Waals surface area (Å²) < 4.78 is 5.25. The number of nitrogens with zero attached hydrogens (tertiary/aromatic N) is 2. The lowest BCUT2D eigenvalue weighted by Crippen LogP contribution is -2.37. The SMILES string of the molecule is CC1(C)C2=C(C=CCC2)c2ccc(N(c3ccc(-c4cccc5c4sc4ccccc45)cc3)c3ccc4c(c3)C(C)(C)C3C=c5c(n(C6=CC=CCC6)c6ccccc56)=CC43)cc21. The lowest BCUT2D eigenvalue weighted by Gasteiger charge is -2.31. The van der Waals surface area contributed by atoms with E-state index in [-0.39, 0.29) is 10.8 Å². The van der Waals surface area contributed by atoms with Gasteiger partial charge in [-0.3, -0.25) is 0 Å². The van der Waals surface area contributed by atoms with Gasteiger partial charge in [0, 0.05) is 64.9 Å². The Bertz CT molecular complexity index is 3520. The Kier molecular flexibility index (Phi) is 7.99. The van der Waals surface area contributed by atoms with Gasteiger partial charge in [-0.15, -0.1) is 11.3 Å². The van der Waals surface area contributed by atoms with E-state index < -0.39 is 0 Å². The number of benzene rings is 6. The van der Waals surface area contributed by atoms with Crippen molar-refractivity contribution in [2.75, 3.05) is 4.90 Å². The summed E-state index contributed by atoms with van der Waals surface area (Å²) in [5.41, 5.74) is 17.5. The molecule has 0 saturated heterocycles. The van der Waals surface area contributed by atoms with E-state index in [1.165, 1.54) is 103 Å². The third-order valence-corrected chi connectivity index (χ3v) is 16.7. The van der Waals surface area contributed by atoms with Gasteiger partial charge in [0.1, 0.15) is 0 Å². The van der Waals surface area contributed by atoms with Crippen LogP contribution >= 0.6 is 11.3 Å². The van der Waals surface area contributed by atoms with E-state index in [0.717, 1.165) is 25.7 Å². The summed E-state index contributed by atoms with van der Waals surface area (Å²) in [7, 11) is 0. The first-order valence-corrected chi connectivity index (χ1v) is 23.8. The van der Waals surface area contributed by atoms with Crippen LogP contribution in [0.25, 0.3) is 65.6 Å². The molecule has 6 aromatic carbocycles. The van der Waals surface area contributed by atoms with Gasteiger partial charge in [0.2, 0.25) is 0 Å². The fourth-order valence-corrected chi connectivity index (χ4v) is 13.5. The number of anilines is 3. The van der Waals surface area contributed by atoms with Gasteiger partial charge in [-0.25, -0.2) is 0 Å². The fourth-order valence-electron chi connectivity index (χ4n) is 12.3. The molecule has 13 rings (SSSR count). The maximum absolute atomic E-state index is 2.64. The van der Waals surface area contributed by atoms with Gasteiger partial charge in [-0.2, -0.15) is 0 Å². The van der Waals surface area contributed by atoms with Crippen LogP contribution in [0.3, 0.4) is 0 Å². The van der Waals surface area contributed by atoms with Gasteiger partial charge >= 0.3 is 0 Å². The first-order chi connectivity index (χ1) is 30.8. The first-order valence-electron chi connectivity index (χ1n) is 23.0. The minimum atomic E-state index is -0.0755. The summed E-state index contributed by atoms with van der Waals surface area (Å²) in [5.74, 6) is 0.653. The number of para-hydroxylation sites is 1. The van der Waals surface area contributed by atoms with Crippen molar-refractivity contribution in [3.63, 3.8) is 0 Å². The van der Waals surface area contributed by atoms with Gasteiger partial charge in [0.05, 0.1) is 10.9 Å². The van der Waals surface area contributed by atoms with E-state index in [9.17, 15) is 0 Å². The Balaban J connectivity index is 0.959. The van der Waals surface area contributed by atoms with E-state index in [4.69, 9.17) is 0 Å². The smallest absolute Gasteiger partial charge is 0.0537 e. The molecule has 0 N–H and O–H groups in total. The average Bonchev–Trinajstić information content (AvgIpc) is 4.00. The second-order valence-corrected chi connectivity index (χ2v) is 20.6. The van der Waals surface area contributed by atoms with Crippen molar-refractivity contribution in [3.05, 3.63) is 196 Å². The van der Waals surface area contributed by atoms with Crippen LogP contribution in [-0.4, -0.2) is 4.57 Å². The summed E-state index contributed by atoms with van der Waals surface area (Å²) in [6, 6.07) is 48.7. The highest BCUT2D eigenvalue weighted by Gasteiger charge is 2.46. The van der Waals surface area contributed by atoms with E-state index >= 15 is 0 Å². The Morgan fingerprint density at radius 2 is 1.40 bits per heavy atom. The molecule has 5 aliphatic rings. The number of allylic oxidation sites excluding steroid dienone is 8. The molecule has 0 fully saturated rings. The lowest BCUT2D eigenvalue weighted by molar-refractivity contribution is 0.421. The molecule has 63 heavy (non-hydrogen) atoms. The highest BCUT2D eigenvalue weighted by Crippen LogP contribution is 2.55. The average molecular weight is 831 g/mol. The highest BCUT2D eigenvalue weighted by atomic mass is 32.1. The lowest BCUT2D eigenvalue weighted by atomic mass is 9.74. The molecule has 0 saturated carbocycles. The zero-order chi connectivity index (χ0) is 42.2. The van der Waals surface area contributed by atoms with Gasteiger partial charge in [0.25, 0.3) is 0 Å². The van der Waals surface area contributed by atoms with Crippen LogP contribution in [0.15, 0.2) is 163 Å². The molecule has 306 valence electrons. The molecule has 3 heteroatoms. The van der Waals surface area contributed by atoms with Crippen LogP contribution in [-0.2, 0) is 10.8 Å². The van der Waals surface area contributed by atoms with Crippen LogP contribution in [0.2, 0.25) is 0 Å². The molecular formula is C60H50N2S. The van der Waals surface area contributed by atoms with Gasteiger partial charge < -0.3 is 9.47 Å². The predicted octanol–water partition coefficient (Wildman–Crippen LogP) is 15.0. The van der Waals surface area contributed by atoms with Crippen molar-refractivity contribution in [3.8, 4) is 11.1 Å². The van der Waals surface area contributed by atoms with E-state index in [1.54, 1.807) is 5.57 Å². The zero-order valence-corrected chi connectivity index (χ0v) is 37.3. The standard InChI is InChI=1S/C60H50N2S/c1-59(2)51-22-11-8-17-43(51)44-31-29-40(33-52(44)59)61(39-27-25-37(26-28-39)42-20-14-21-48-47-19-10-13-24-57(47)63-58(42)48)41-30-32-45-49-36-56-50(35-54(49)60(3,4)53(45)34-41)46-18-9-12-23-55(46)62(56)38-15-6-5-7-16-38/h5-6,8-10,12-15,17-21,23-36,49,54H,7,11,16,22H2,1-4H3. The molecule has 0 bridgehead atoms. The molecular weight excluding hydrogens is 781 g/mol. The van der Waals surface area contributed by atoms with Crippen molar-refractivity contribution in [2.45, 2.75) is 70.1 Å². The van der Waals surface area contributed by atoms with Crippen molar-refractivity contribution in [2.24, 2.45) is 5.92 Å². The molecule has 2 atom stereocenters. The Hall–Kier alpha value is -6.42. The molecule has 0 aliphatic heterocycles. The van der Waals surface area contributed by atoms with Gasteiger partial charge in [-0.05, 0) is 131 Å². The number of thiophene rings is 1. The van der Waals surface area contributed by atoms with Gasteiger partial charge in [-0.1, -0.05) is 149 Å². The predicted molar refractivity (Wildman–Crippen MR) is 270 cm³/mol. The van der Waals surface area contributed by atoms with Crippen molar-refractivity contribution in [1.82, 2.24) is 4.57 Å². The molecule has 2 nitrogen and oxygen atoms in total. The van der Waals surface area contributed by atoms with Crippen LogP contribution < -0.4 is 15.5 Å². The summed E-state index contributed by atoms with van der Waals surface area (Å²) in [6.45, 7) is 9.84. The molecule has 2 unspecified atom stereocenters. The Morgan fingerprint density at radius 1 is 0.651 bits per heavy atom. The monoisotopic (exact) mass is 830 g/mol. The number of hydrogen-bond donors (Lipinski definition) is 0. The maximum atomic E-state index is 2.64. The quantitative estimate of drug-likeness (QED) is 0.168. The third kappa shape index (κ3) is 5.36. The van der Waals surface area contributed by atoms with Crippen LogP contribution in [0, 0.1) is 5.92 Å². The van der Waals surface area contributed by atoms with Crippen molar-refractivity contribution < 1.29 is 0 Å². The molecule has 5 aliphatic carbocycles. The Morgan fingerprint density at radius 3 is 2.24 bits per heavy atom. The number of fused-ring (bicyclic) bond motifs is 11. The second kappa shape index (κ2) is 13.5. The highest BCUT2D eigenvalue weighted by molar-refractivity contribution is 7.26. The summed E-state index contributed by atoms with van der Waals surface area (Å²) >= 11 is 1.90. The molecule has 2 aromatic heterocycles. The fraction of sp³-hybridized carbons (Fsp3) is 0.200. The number of rotatable bonds is 5. The number of hydrogen-bond acceptors (Lipinski definition) is 2.